The van der Waals surface area contributed by atoms with E-state index in [1.54, 1.807) is 6.92 Å². The third-order valence-corrected chi connectivity index (χ3v) is 3.23. The molecule has 0 amide bonds. The monoisotopic (exact) mass is 237 g/mol. The van der Waals surface area contributed by atoms with Crippen LogP contribution in [0.2, 0.25) is 0 Å². The van der Waals surface area contributed by atoms with Gasteiger partial charge in [-0.15, -0.1) is 0 Å². The van der Waals surface area contributed by atoms with Gasteiger partial charge in [-0.1, -0.05) is 0 Å². The summed E-state index contributed by atoms with van der Waals surface area (Å²) < 4.78 is 41.1. The molecule has 0 aromatic heterocycles. The summed E-state index contributed by atoms with van der Waals surface area (Å²) in [5, 5.41) is 0. The van der Waals surface area contributed by atoms with E-state index in [-0.39, 0.29) is 23.7 Å². The van der Waals surface area contributed by atoms with Crippen LogP contribution in [0.4, 0.5) is 13.2 Å². The number of hydrogen-bond donors (Lipinski definition) is 0. The summed E-state index contributed by atoms with van der Waals surface area (Å²) in [5.74, 6) is -0.226. The maximum Gasteiger partial charge on any atom is 0.401 e. The van der Waals surface area contributed by atoms with Gasteiger partial charge in [0.05, 0.1) is 19.1 Å². The van der Waals surface area contributed by atoms with Gasteiger partial charge in [0.2, 0.25) is 0 Å². The molecule has 2 rings (SSSR count). The third kappa shape index (κ3) is 2.31. The molecule has 2 unspecified atom stereocenters. The SMILES string of the molecule is CCOC(=O)C1C2CN(CC(F)(F)F)CC21. The number of carbonyl (C=O) groups excluding carboxylic acids is 1. The molecular formula is C10H14F3NO2. The fourth-order valence-electron chi connectivity index (χ4n) is 2.58. The van der Waals surface area contributed by atoms with Crippen LogP contribution in [0.1, 0.15) is 6.92 Å². The predicted octanol–water partition coefficient (Wildman–Crippen LogP) is 1.29. The Morgan fingerprint density at radius 3 is 2.38 bits per heavy atom. The summed E-state index contributed by atoms with van der Waals surface area (Å²) >= 11 is 0. The predicted molar refractivity (Wildman–Crippen MR) is 49.6 cm³/mol. The second-order valence-electron chi connectivity index (χ2n) is 4.41. The fraction of sp³-hybridized carbons (Fsp3) is 0.900. The van der Waals surface area contributed by atoms with E-state index < -0.39 is 12.7 Å². The van der Waals surface area contributed by atoms with Crippen molar-refractivity contribution < 1.29 is 22.7 Å². The van der Waals surface area contributed by atoms with E-state index >= 15 is 0 Å². The normalized spacial score (nSPS) is 33.6. The molecule has 0 aromatic carbocycles. The van der Waals surface area contributed by atoms with Gasteiger partial charge in [-0.05, 0) is 18.8 Å². The van der Waals surface area contributed by atoms with Gasteiger partial charge >= 0.3 is 12.1 Å². The number of hydrogen-bond acceptors (Lipinski definition) is 3. The van der Waals surface area contributed by atoms with Crippen molar-refractivity contribution >= 4 is 5.97 Å². The smallest absolute Gasteiger partial charge is 0.401 e. The highest BCUT2D eigenvalue weighted by Crippen LogP contribution is 2.52. The topological polar surface area (TPSA) is 29.5 Å². The Kier molecular flexibility index (Phi) is 2.86. The molecule has 1 saturated heterocycles. The van der Waals surface area contributed by atoms with Crippen molar-refractivity contribution in [2.75, 3.05) is 26.2 Å². The first kappa shape index (κ1) is 11.7. The van der Waals surface area contributed by atoms with Gasteiger partial charge in [0, 0.05) is 13.1 Å². The van der Waals surface area contributed by atoms with Gasteiger partial charge in [-0.2, -0.15) is 13.2 Å². The average molecular weight is 237 g/mol. The third-order valence-electron chi connectivity index (χ3n) is 3.23. The summed E-state index contributed by atoms with van der Waals surface area (Å²) in [6, 6.07) is 0. The van der Waals surface area contributed by atoms with Crippen molar-refractivity contribution in [2.24, 2.45) is 17.8 Å². The number of rotatable bonds is 3. The molecule has 1 aliphatic carbocycles. The van der Waals surface area contributed by atoms with Crippen LogP contribution >= 0.6 is 0 Å². The Bertz CT molecular complexity index is 280. The molecule has 16 heavy (non-hydrogen) atoms. The molecule has 6 heteroatoms. The minimum absolute atomic E-state index is 0.0846. The van der Waals surface area contributed by atoms with Crippen molar-refractivity contribution in [3.63, 3.8) is 0 Å². The second kappa shape index (κ2) is 3.91. The van der Waals surface area contributed by atoms with Crippen LogP contribution in [0.5, 0.6) is 0 Å². The van der Waals surface area contributed by atoms with Crippen LogP contribution in [-0.4, -0.2) is 43.3 Å². The molecule has 1 heterocycles. The lowest BCUT2D eigenvalue weighted by molar-refractivity contribution is -0.148. The number of halogens is 3. The van der Waals surface area contributed by atoms with E-state index in [0.29, 0.717) is 19.7 Å². The summed E-state index contributed by atoms with van der Waals surface area (Å²) in [4.78, 5) is 12.7. The first-order chi connectivity index (χ1) is 7.42. The number of esters is 1. The molecule has 0 bridgehead atoms. The van der Waals surface area contributed by atoms with Crippen molar-refractivity contribution in [3.05, 3.63) is 0 Å². The standard InChI is InChI=1S/C10H14F3NO2/c1-2-16-9(15)8-6-3-14(4-7(6)8)5-10(11,12)13/h6-8H,2-5H2,1H3. The number of fused-ring (bicyclic) bond motifs is 1. The van der Waals surface area contributed by atoms with Crippen molar-refractivity contribution in [2.45, 2.75) is 13.1 Å². The van der Waals surface area contributed by atoms with Crippen LogP contribution in [-0.2, 0) is 9.53 Å². The second-order valence-corrected chi connectivity index (χ2v) is 4.41. The Hall–Kier alpha value is -0.780. The molecule has 0 N–H and O–H groups in total. The fourth-order valence-corrected chi connectivity index (χ4v) is 2.58. The lowest BCUT2D eigenvalue weighted by Crippen LogP contribution is -2.35. The van der Waals surface area contributed by atoms with E-state index in [1.807, 2.05) is 0 Å². The minimum atomic E-state index is -4.14. The highest BCUT2D eigenvalue weighted by molar-refractivity contribution is 5.77. The zero-order valence-electron chi connectivity index (χ0n) is 8.96. The van der Waals surface area contributed by atoms with Gasteiger partial charge in [0.1, 0.15) is 0 Å². The molecule has 2 fully saturated rings. The Balaban J connectivity index is 1.78. The van der Waals surface area contributed by atoms with Gasteiger partial charge in [-0.25, -0.2) is 0 Å². The first-order valence-corrected chi connectivity index (χ1v) is 5.38. The summed E-state index contributed by atoms with van der Waals surface area (Å²) in [7, 11) is 0. The zero-order chi connectivity index (χ0) is 11.9. The molecule has 0 spiro atoms. The number of nitrogens with zero attached hydrogens (tertiary/aromatic N) is 1. The van der Waals surface area contributed by atoms with Gasteiger partial charge < -0.3 is 4.74 Å². The minimum Gasteiger partial charge on any atom is -0.466 e. The lowest BCUT2D eigenvalue weighted by atomic mass is 10.2. The zero-order valence-corrected chi connectivity index (χ0v) is 8.96. The number of carbonyl (C=O) groups is 1. The number of piperidine rings is 1. The molecule has 92 valence electrons. The highest BCUT2D eigenvalue weighted by atomic mass is 19.4. The molecular weight excluding hydrogens is 223 g/mol. The lowest BCUT2D eigenvalue weighted by Gasteiger charge is -2.20. The maximum absolute atomic E-state index is 12.1. The summed E-state index contributed by atoms with van der Waals surface area (Å²) in [6.45, 7) is 1.93. The summed E-state index contributed by atoms with van der Waals surface area (Å²) in [6.07, 6.45) is -4.14. The van der Waals surface area contributed by atoms with Gasteiger partial charge in [0.25, 0.3) is 0 Å². The Morgan fingerprint density at radius 2 is 1.94 bits per heavy atom. The number of alkyl halides is 3. The molecule has 1 aliphatic heterocycles. The number of likely N-dealkylation sites (tertiary alicyclic amines) is 1. The van der Waals surface area contributed by atoms with Gasteiger partial charge in [0.15, 0.2) is 0 Å². The first-order valence-electron chi connectivity index (χ1n) is 5.38. The van der Waals surface area contributed by atoms with Crippen LogP contribution in [0, 0.1) is 17.8 Å². The van der Waals surface area contributed by atoms with Gasteiger partial charge in [-0.3, -0.25) is 9.69 Å². The molecule has 1 saturated carbocycles. The Labute approximate surface area is 91.5 Å². The van der Waals surface area contributed by atoms with Crippen molar-refractivity contribution in [1.29, 1.82) is 0 Å². The molecule has 0 radical (unpaired) electrons. The van der Waals surface area contributed by atoms with E-state index in [4.69, 9.17) is 4.74 Å². The molecule has 2 atom stereocenters. The molecule has 0 aromatic rings. The van der Waals surface area contributed by atoms with E-state index in [1.165, 1.54) is 4.90 Å². The maximum atomic E-state index is 12.1. The quantitative estimate of drug-likeness (QED) is 0.693. The van der Waals surface area contributed by atoms with Crippen LogP contribution < -0.4 is 0 Å². The van der Waals surface area contributed by atoms with Crippen LogP contribution in [0.15, 0.2) is 0 Å². The summed E-state index contributed by atoms with van der Waals surface area (Å²) in [5.41, 5.74) is 0. The van der Waals surface area contributed by atoms with E-state index in [9.17, 15) is 18.0 Å². The van der Waals surface area contributed by atoms with Crippen LogP contribution in [0.3, 0.4) is 0 Å². The largest absolute Gasteiger partial charge is 0.466 e. The molecule has 2 aliphatic rings. The van der Waals surface area contributed by atoms with Crippen molar-refractivity contribution in [1.82, 2.24) is 4.90 Å². The molecule has 3 nitrogen and oxygen atoms in total. The van der Waals surface area contributed by atoms with E-state index in [0.717, 1.165) is 0 Å². The number of ether oxygens (including phenoxy) is 1. The Morgan fingerprint density at radius 1 is 1.38 bits per heavy atom. The average Bonchev–Trinajstić information content (AvgIpc) is 2.62. The highest BCUT2D eigenvalue weighted by Gasteiger charge is 2.60. The van der Waals surface area contributed by atoms with Crippen molar-refractivity contribution in [3.8, 4) is 0 Å². The van der Waals surface area contributed by atoms with Crippen LogP contribution in [0.25, 0.3) is 0 Å². The van der Waals surface area contributed by atoms with E-state index in [2.05, 4.69) is 0 Å².